The third-order valence-corrected chi connectivity index (χ3v) is 9.76. The van der Waals surface area contributed by atoms with Gasteiger partial charge >= 0.3 is 0 Å². The molecule has 0 aromatic carbocycles. The fourth-order valence-electron chi connectivity index (χ4n) is 8.38. The van der Waals surface area contributed by atoms with Crippen molar-refractivity contribution in [2.45, 2.75) is 90.1 Å². The van der Waals surface area contributed by atoms with Crippen LogP contribution in [0.1, 0.15) is 84.5 Å². The second-order valence-electron chi connectivity index (χ2n) is 9.99. The molecule has 5 aliphatic rings. The summed E-state index contributed by atoms with van der Waals surface area (Å²) in [4.78, 5) is 0. The van der Waals surface area contributed by atoms with Crippen molar-refractivity contribution in [1.82, 2.24) is 0 Å². The van der Waals surface area contributed by atoms with E-state index >= 15 is 0 Å². The summed E-state index contributed by atoms with van der Waals surface area (Å²) in [7, 11) is 0. The smallest absolute Gasteiger partial charge is 0.0760 e. The third kappa shape index (κ3) is 1.55. The van der Waals surface area contributed by atoms with Crippen LogP contribution in [0.15, 0.2) is 0 Å². The van der Waals surface area contributed by atoms with Gasteiger partial charge in [0.2, 0.25) is 0 Å². The SMILES string of the molecule is C[C@]12CCCC[C@H]1CC[C@H]1[C@H]3CC[C@@]4(CCO4)[C@@]3(C)CC[C@@H]12. The normalized spacial score (nSPS) is 60.3. The summed E-state index contributed by atoms with van der Waals surface area (Å²) in [6, 6.07) is 0. The molecule has 0 N–H and O–H groups in total. The average Bonchev–Trinajstić information content (AvgIpc) is 2.79. The molecule has 4 aliphatic carbocycles. The van der Waals surface area contributed by atoms with Gasteiger partial charge in [-0.1, -0.05) is 26.7 Å². The Balaban J connectivity index is 1.47. The molecule has 1 spiro atoms. The highest BCUT2D eigenvalue weighted by molar-refractivity contribution is 5.16. The van der Waals surface area contributed by atoms with Crippen LogP contribution in [0, 0.1) is 34.5 Å². The average molecular weight is 303 g/mol. The largest absolute Gasteiger partial charge is 0.374 e. The molecule has 1 heterocycles. The Morgan fingerprint density at radius 1 is 0.773 bits per heavy atom. The molecule has 0 radical (unpaired) electrons. The highest BCUT2D eigenvalue weighted by Crippen LogP contribution is 2.70. The van der Waals surface area contributed by atoms with Gasteiger partial charge in [0.25, 0.3) is 0 Å². The van der Waals surface area contributed by atoms with Gasteiger partial charge in [-0.25, -0.2) is 0 Å². The van der Waals surface area contributed by atoms with Crippen molar-refractivity contribution >= 4 is 0 Å². The number of ether oxygens (including phenoxy) is 1. The second kappa shape index (κ2) is 4.52. The standard InChI is InChI=1S/C21H34O/c1-19-10-4-3-5-15(19)6-7-16-17(19)8-11-20(2)18(16)9-12-21(20)13-14-22-21/h15-18H,3-14H2,1-2H3/t15-,16+,17-,18+,19-,20-,21+/m0/s1. The van der Waals surface area contributed by atoms with E-state index in [1.54, 1.807) is 6.42 Å². The zero-order valence-corrected chi connectivity index (χ0v) is 14.7. The summed E-state index contributed by atoms with van der Waals surface area (Å²) in [6.45, 7) is 6.35. The maximum absolute atomic E-state index is 6.26. The molecule has 4 saturated carbocycles. The topological polar surface area (TPSA) is 9.23 Å². The highest BCUT2D eigenvalue weighted by Gasteiger charge is 2.66. The molecular weight excluding hydrogens is 268 g/mol. The predicted octanol–water partition coefficient (Wildman–Crippen LogP) is 5.58. The number of hydrogen-bond donors (Lipinski definition) is 0. The Labute approximate surface area is 136 Å². The monoisotopic (exact) mass is 302 g/mol. The van der Waals surface area contributed by atoms with Gasteiger partial charge in [-0.15, -0.1) is 0 Å². The Morgan fingerprint density at radius 2 is 1.59 bits per heavy atom. The fourth-order valence-corrected chi connectivity index (χ4v) is 8.38. The van der Waals surface area contributed by atoms with E-state index in [9.17, 15) is 0 Å². The molecule has 124 valence electrons. The molecule has 0 unspecified atom stereocenters. The first-order valence-corrected chi connectivity index (χ1v) is 10.2. The Kier molecular flexibility index (Phi) is 2.94. The summed E-state index contributed by atoms with van der Waals surface area (Å²) in [5.41, 5.74) is 1.52. The lowest BCUT2D eigenvalue weighted by Gasteiger charge is -2.63. The lowest BCUT2D eigenvalue weighted by molar-refractivity contribution is -0.231. The van der Waals surface area contributed by atoms with Gasteiger partial charge in [-0.05, 0) is 85.9 Å². The predicted molar refractivity (Wildman–Crippen MR) is 89.6 cm³/mol. The molecule has 7 atom stereocenters. The quantitative estimate of drug-likeness (QED) is 0.567. The molecule has 1 nitrogen and oxygen atoms in total. The molecule has 0 aromatic rings. The van der Waals surface area contributed by atoms with E-state index in [0.717, 1.165) is 30.3 Å². The first kappa shape index (κ1) is 14.3. The van der Waals surface area contributed by atoms with Crippen molar-refractivity contribution in [3.05, 3.63) is 0 Å². The van der Waals surface area contributed by atoms with E-state index in [1.165, 1.54) is 64.2 Å². The summed E-state index contributed by atoms with van der Waals surface area (Å²) >= 11 is 0. The van der Waals surface area contributed by atoms with Crippen LogP contribution in [0.4, 0.5) is 0 Å². The molecular formula is C21H34O. The van der Waals surface area contributed by atoms with Crippen LogP contribution in [0.25, 0.3) is 0 Å². The molecule has 5 fully saturated rings. The second-order valence-corrected chi connectivity index (χ2v) is 9.99. The minimum atomic E-state index is 0.312. The highest BCUT2D eigenvalue weighted by atomic mass is 16.5. The molecule has 0 aromatic heterocycles. The third-order valence-electron chi connectivity index (χ3n) is 9.76. The minimum absolute atomic E-state index is 0.312. The van der Waals surface area contributed by atoms with Gasteiger partial charge in [0.15, 0.2) is 0 Å². The van der Waals surface area contributed by atoms with Gasteiger partial charge in [-0.2, -0.15) is 0 Å². The van der Waals surface area contributed by atoms with Gasteiger partial charge in [0, 0.05) is 6.42 Å². The van der Waals surface area contributed by atoms with E-state index in [1.807, 2.05) is 0 Å². The summed E-state index contributed by atoms with van der Waals surface area (Å²) < 4.78 is 6.26. The van der Waals surface area contributed by atoms with Crippen molar-refractivity contribution in [2.75, 3.05) is 6.61 Å². The van der Waals surface area contributed by atoms with Crippen LogP contribution < -0.4 is 0 Å². The number of rotatable bonds is 0. The summed E-state index contributed by atoms with van der Waals surface area (Å²) in [6.07, 6.45) is 16.3. The van der Waals surface area contributed by atoms with Crippen molar-refractivity contribution in [2.24, 2.45) is 34.5 Å². The van der Waals surface area contributed by atoms with Crippen LogP contribution in [0.3, 0.4) is 0 Å². The van der Waals surface area contributed by atoms with Gasteiger partial charge in [0.1, 0.15) is 0 Å². The van der Waals surface area contributed by atoms with Crippen LogP contribution in [-0.4, -0.2) is 12.2 Å². The molecule has 22 heavy (non-hydrogen) atoms. The van der Waals surface area contributed by atoms with Crippen molar-refractivity contribution in [1.29, 1.82) is 0 Å². The summed E-state index contributed by atoms with van der Waals surface area (Å²) in [5, 5.41) is 0. The minimum Gasteiger partial charge on any atom is -0.374 e. The van der Waals surface area contributed by atoms with Crippen LogP contribution in [0.5, 0.6) is 0 Å². The van der Waals surface area contributed by atoms with E-state index in [-0.39, 0.29) is 0 Å². The van der Waals surface area contributed by atoms with Gasteiger partial charge in [-0.3, -0.25) is 0 Å². The number of fused-ring (bicyclic) bond motifs is 6. The van der Waals surface area contributed by atoms with Crippen LogP contribution in [0.2, 0.25) is 0 Å². The zero-order chi connectivity index (χ0) is 15.0. The van der Waals surface area contributed by atoms with Crippen molar-refractivity contribution in [3.8, 4) is 0 Å². The lowest BCUT2D eigenvalue weighted by Crippen LogP contribution is -2.59. The van der Waals surface area contributed by atoms with Crippen LogP contribution >= 0.6 is 0 Å². The molecule has 1 heteroatoms. The Morgan fingerprint density at radius 3 is 2.36 bits per heavy atom. The molecule has 1 aliphatic heterocycles. The molecule has 1 saturated heterocycles. The van der Waals surface area contributed by atoms with E-state index in [0.29, 0.717) is 16.4 Å². The van der Waals surface area contributed by atoms with Crippen molar-refractivity contribution < 1.29 is 4.74 Å². The zero-order valence-electron chi connectivity index (χ0n) is 14.7. The first-order chi connectivity index (χ1) is 10.6. The maximum atomic E-state index is 6.26. The Hall–Kier alpha value is -0.0400. The fraction of sp³-hybridized carbons (Fsp3) is 1.00. The summed E-state index contributed by atoms with van der Waals surface area (Å²) in [5.74, 6) is 4.11. The number of hydrogen-bond acceptors (Lipinski definition) is 1. The van der Waals surface area contributed by atoms with Gasteiger partial charge < -0.3 is 4.74 Å². The molecule has 5 rings (SSSR count). The maximum Gasteiger partial charge on any atom is 0.0760 e. The lowest BCUT2D eigenvalue weighted by atomic mass is 9.44. The van der Waals surface area contributed by atoms with E-state index < -0.39 is 0 Å². The first-order valence-electron chi connectivity index (χ1n) is 10.2. The van der Waals surface area contributed by atoms with E-state index in [4.69, 9.17) is 4.74 Å². The van der Waals surface area contributed by atoms with E-state index in [2.05, 4.69) is 13.8 Å². The van der Waals surface area contributed by atoms with Crippen LogP contribution in [-0.2, 0) is 4.74 Å². The molecule has 0 bridgehead atoms. The Bertz CT molecular complexity index is 465. The van der Waals surface area contributed by atoms with Crippen molar-refractivity contribution in [3.63, 3.8) is 0 Å². The molecule has 0 amide bonds. The van der Waals surface area contributed by atoms with Gasteiger partial charge in [0.05, 0.1) is 12.2 Å².